The van der Waals surface area contributed by atoms with E-state index < -0.39 is 4.92 Å². The molecule has 0 aromatic heterocycles. The molecule has 2 aromatic rings. The maximum atomic E-state index is 12.1. The van der Waals surface area contributed by atoms with Gasteiger partial charge in [0.25, 0.3) is 5.69 Å². The van der Waals surface area contributed by atoms with Gasteiger partial charge < -0.3 is 15.4 Å². The molecule has 0 aliphatic carbocycles. The normalized spacial score (nSPS) is 10.1. The quantitative estimate of drug-likeness (QED) is 0.575. The molecular formula is C16H16BrN3O4. The summed E-state index contributed by atoms with van der Waals surface area (Å²) in [6, 6.07) is 9.77. The van der Waals surface area contributed by atoms with E-state index in [1.54, 1.807) is 0 Å². The first-order valence-corrected chi connectivity index (χ1v) is 7.82. The Morgan fingerprint density at radius 1 is 1.25 bits per heavy atom. The number of carbonyl (C=O) groups excluding carboxylic acids is 1. The Bertz CT molecular complexity index is 780. The van der Waals surface area contributed by atoms with Crippen molar-refractivity contribution < 1.29 is 14.5 Å². The molecule has 0 aliphatic heterocycles. The van der Waals surface area contributed by atoms with Gasteiger partial charge in [-0.15, -0.1) is 0 Å². The Morgan fingerprint density at radius 2 is 1.96 bits per heavy atom. The summed E-state index contributed by atoms with van der Waals surface area (Å²) < 4.78 is 5.95. The summed E-state index contributed by atoms with van der Waals surface area (Å²) in [6.07, 6.45) is 0. The maximum absolute atomic E-state index is 12.1. The van der Waals surface area contributed by atoms with Gasteiger partial charge in [-0.1, -0.05) is 6.07 Å². The number of halogens is 1. The van der Waals surface area contributed by atoms with Crippen LogP contribution in [0.3, 0.4) is 0 Å². The van der Waals surface area contributed by atoms with Crippen molar-refractivity contribution in [1.82, 2.24) is 0 Å². The summed E-state index contributed by atoms with van der Waals surface area (Å²) in [5, 5.41) is 16.4. The van der Waals surface area contributed by atoms with E-state index in [1.807, 2.05) is 25.1 Å². The third-order valence-corrected chi connectivity index (χ3v) is 3.89. The monoisotopic (exact) mass is 393 g/mol. The Balaban J connectivity index is 2.03. The zero-order valence-electron chi connectivity index (χ0n) is 13.1. The third-order valence-electron chi connectivity index (χ3n) is 3.23. The lowest BCUT2D eigenvalue weighted by molar-refractivity contribution is -0.384. The number of aryl methyl sites for hydroxylation is 1. The van der Waals surface area contributed by atoms with Crippen LogP contribution in [-0.4, -0.2) is 24.5 Å². The average molecular weight is 394 g/mol. The van der Waals surface area contributed by atoms with E-state index in [2.05, 4.69) is 26.6 Å². The van der Waals surface area contributed by atoms with Crippen LogP contribution in [0.1, 0.15) is 5.56 Å². The first kappa shape index (κ1) is 17.7. The summed E-state index contributed by atoms with van der Waals surface area (Å²) in [5.74, 6) is -0.0660. The number of rotatable bonds is 6. The molecule has 0 heterocycles. The van der Waals surface area contributed by atoms with E-state index in [9.17, 15) is 14.9 Å². The minimum atomic E-state index is -0.523. The molecule has 0 saturated heterocycles. The highest BCUT2D eigenvalue weighted by atomic mass is 79.9. The number of anilines is 2. The fourth-order valence-corrected chi connectivity index (χ4v) is 2.66. The van der Waals surface area contributed by atoms with Crippen LogP contribution in [0.2, 0.25) is 0 Å². The number of nitro groups is 1. The second-order valence-electron chi connectivity index (χ2n) is 5.03. The third kappa shape index (κ3) is 4.45. The van der Waals surface area contributed by atoms with Gasteiger partial charge in [-0.2, -0.15) is 0 Å². The fourth-order valence-electron chi connectivity index (χ4n) is 2.03. The van der Waals surface area contributed by atoms with Crippen molar-refractivity contribution in [3.63, 3.8) is 0 Å². The van der Waals surface area contributed by atoms with E-state index in [-0.39, 0.29) is 23.9 Å². The van der Waals surface area contributed by atoms with Crippen LogP contribution in [-0.2, 0) is 4.79 Å². The number of ether oxygens (including phenoxy) is 1. The van der Waals surface area contributed by atoms with E-state index in [0.717, 1.165) is 15.7 Å². The van der Waals surface area contributed by atoms with Gasteiger partial charge >= 0.3 is 0 Å². The standard InChI is InChI=1S/C16H16BrN3O4/c1-10-3-5-13(12(17)7-10)18-9-16(21)19-14-6-4-11(20(22)23)8-15(14)24-2/h3-8,18H,9H2,1-2H3,(H,19,21). The molecule has 0 bridgehead atoms. The number of hydrogen-bond donors (Lipinski definition) is 2. The number of nitro benzene ring substituents is 1. The van der Waals surface area contributed by atoms with E-state index in [4.69, 9.17) is 4.74 Å². The molecule has 7 nitrogen and oxygen atoms in total. The van der Waals surface area contributed by atoms with Crippen molar-refractivity contribution in [2.24, 2.45) is 0 Å². The van der Waals surface area contributed by atoms with Gasteiger partial charge in [0.15, 0.2) is 0 Å². The lowest BCUT2D eigenvalue weighted by atomic mass is 10.2. The SMILES string of the molecule is COc1cc([N+](=O)[O-])ccc1NC(=O)CNc1ccc(C)cc1Br. The van der Waals surface area contributed by atoms with Crippen LogP contribution in [0, 0.1) is 17.0 Å². The Kier molecular flexibility index (Phi) is 5.75. The molecule has 0 spiro atoms. The van der Waals surface area contributed by atoms with Crippen LogP contribution in [0.4, 0.5) is 17.1 Å². The number of carbonyl (C=O) groups is 1. The summed E-state index contributed by atoms with van der Waals surface area (Å²) in [7, 11) is 1.39. The lowest BCUT2D eigenvalue weighted by Gasteiger charge is -2.12. The zero-order valence-corrected chi connectivity index (χ0v) is 14.7. The smallest absolute Gasteiger partial charge is 0.273 e. The topological polar surface area (TPSA) is 93.5 Å². The highest BCUT2D eigenvalue weighted by molar-refractivity contribution is 9.10. The van der Waals surface area contributed by atoms with Crippen molar-refractivity contribution >= 4 is 38.9 Å². The number of non-ortho nitro benzene ring substituents is 1. The number of nitrogens with zero attached hydrogens (tertiary/aromatic N) is 1. The molecule has 126 valence electrons. The average Bonchev–Trinajstić information content (AvgIpc) is 2.54. The van der Waals surface area contributed by atoms with Gasteiger partial charge in [0.2, 0.25) is 5.91 Å². The Labute approximate surface area is 147 Å². The maximum Gasteiger partial charge on any atom is 0.273 e. The summed E-state index contributed by atoms with van der Waals surface area (Å²) in [4.78, 5) is 22.3. The molecule has 0 fully saturated rings. The molecule has 1 amide bonds. The first-order valence-electron chi connectivity index (χ1n) is 7.03. The fraction of sp³-hybridized carbons (Fsp3) is 0.188. The van der Waals surface area contributed by atoms with Crippen molar-refractivity contribution in [2.75, 3.05) is 24.3 Å². The minimum absolute atomic E-state index is 0.0435. The molecule has 0 unspecified atom stereocenters. The predicted molar refractivity (Wildman–Crippen MR) is 95.6 cm³/mol. The van der Waals surface area contributed by atoms with Crippen LogP contribution >= 0.6 is 15.9 Å². The molecule has 2 rings (SSSR count). The van der Waals surface area contributed by atoms with Gasteiger partial charge in [-0.05, 0) is 46.6 Å². The van der Waals surface area contributed by atoms with Gasteiger partial charge in [-0.3, -0.25) is 14.9 Å². The van der Waals surface area contributed by atoms with Gasteiger partial charge in [-0.25, -0.2) is 0 Å². The van der Waals surface area contributed by atoms with Gasteiger partial charge in [0.05, 0.1) is 30.3 Å². The molecule has 0 saturated carbocycles. The number of methoxy groups -OCH3 is 1. The highest BCUT2D eigenvalue weighted by Crippen LogP contribution is 2.29. The number of benzene rings is 2. The second-order valence-corrected chi connectivity index (χ2v) is 5.88. The Morgan fingerprint density at radius 3 is 2.58 bits per heavy atom. The molecule has 2 aromatic carbocycles. The van der Waals surface area contributed by atoms with E-state index >= 15 is 0 Å². The minimum Gasteiger partial charge on any atom is -0.494 e. The predicted octanol–water partition coefficient (Wildman–Crippen LogP) is 3.72. The van der Waals surface area contributed by atoms with Crippen molar-refractivity contribution in [3.05, 3.63) is 56.5 Å². The van der Waals surface area contributed by atoms with E-state index in [1.165, 1.54) is 25.3 Å². The molecule has 0 aliphatic rings. The lowest BCUT2D eigenvalue weighted by Crippen LogP contribution is -2.22. The molecule has 0 radical (unpaired) electrons. The molecule has 2 N–H and O–H groups in total. The second kappa shape index (κ2) is 7.78. The van der Waals surface area contributed by atoms with E-state index in [0.29, 0.717) is 5.69 Å². The molecule has 8 heteroatoms. The summed E-state index contributed by atoms with van der Waals surface area (Å²) >= 11 is 3.43. The molecule has 0 atom stereocenters. The van der Waals surface area contributed by atoms with Crippen LogP contribution < -0.4 is 15.4 Å². The highest BCUT2D eigenvalue weighted by Gasteiger charge is 2.13. The van der Waals surface area contributed by atoms with Crippen molar-refractivity contribution in [1.29, 1.82) is 0 Å². The number of hydrogen-bond acceptors (Lipinski definition) is 5. The van der Waals surface area contributed by atoms with Crippen molar-refractivity contribution in [3.8, 4) is 5.75 Å². The van der Waals surface area contributed by atoms with Crippen LogP contribution in [0.25, 0.3) is 0 Å². The molecule has 24 heavy (non-hydrogen) atoms. The van der Waals surface area contributed by atoms with Crippen LogP contribution in [0.5, 0.6) is 5.75 Å². The zero-order chi connectivity index (χ0) is 17.7. The first-order chi connectivity index (χ1) is 11.4. The Hall–Kier alpha value is -2.61. The number of nitrogens with one attached hydrogen (secondary N) is 2. The molecular weight excluding hydrogens is 378 g/mol. The van der Waals surface area contributed by atoms with Gasteiger partial charge in [0, 0.05) is 16.2 Å². The summed E-state index contributed by atoms with van der Waals surface area (Å²) in [5.41, 5.74) is 2.17. The number of amides is 1. The van der Waals surface area contributed by atoms with Gasteiger partial charge in [0.1, 0.15) is 5.75 Å². The van der Waals surface area contributed by atoms with Crippen molar-refractivity contribution in [2.45, 2.75) is 6.92 Å². The largest absolute Gasteiger partial charge is 0.494 e. The summed E-state index contributed by atoms with van der Waals surface area (Å²) in [6.45, 7) is 2.02. The van der Waals surface area contributed by atoms with Crippen LogP contribution in [0.15, 0.2) is 40.9 Å².